The highest BCUT2D eigenvalue weighted by atomic mass is 32.2. The van der Waals surface area contributed by atoms with Gasteiger partial charge in [-0.25, -0.2) is 0 Å². The van der Waals surface area contributed by atoms with E-state index in [-0.39, 0.29) is 11.3 Å². The molecule has 0 saturated carbocycles. The molecule has 3 saturated heterocycles. The maximum absolute atomic E-state index is 6.22. The summed E-state index contributed by atoms with van der Waals surface area (Å²) in [4.78, 5) is 2.40. The molecule has 0 bridgehead atoms. The average molecular weight is 258 g/mol. The van der Waals surface area contributed by atoms with E-state index in [4.69, 9.17) is 9.47 Å². The van der Waals surface area contributed by atoms with Crippen LogP contribution in [0.25, 0.3) is 0 Å². The fraction of sp³-hybridized carbons (Fsp3) is 1.00. The first kappa shape index (κ1) is 12.2. The maximum Gasteiger partial charge on any atom is 0.128 e. The lowest BCUT2D eigenvalue weighted by Crippen LogP contribution is -2.71. The fourth-order valence-corrected chi connectivity index (χ4v) is 4.02. The van der Waals surface area contributed by atoms with Crippen LogP contribution < -0.4 is 5.32 Å². The molecule has 0 radical (unpaired) electrons. The zero-order chi connectivity index (χ0) is 11.8. The Morgan fingerprint density at radius 1 is 1.35 bits per heavy atom. The number of rotatable bonds is 0. The van der Waals surface area contributed by atoms with Gasteiger partial charge >= 0.3 is 0 Å². The summed E-state index contributed by atoms with van der Waals surface area (Å²) in [6.07, 6.45) is 2.41. The van der Waals surface area contributed by atoms with Crippen LogP contribution in [-0.2, 0) is 9.47 Å². The first-order valence-corrected chi connectivity index (χ1v) is 7.66. The van der Waals surface area contributed by atoms with E-state index >= 15 is 0 Å². The second kappa shape index (κ2) is 4.70. The summed E-state index contributed by atoms with van der Waals surface area (Å²) in [5.74, 6) is 2.37. The van der Waals surface area contributed by atoms with E-state index in [0.29, 0.717) is 0 Å². The molecule has 1 N–H and O–H groups in total. The van der Waals surface area contributed by atoms with Crippen molar-refractivity contribution in [2.75, 3.05) is 51.5 Å². The zero-order valence-corrected chi connectivity index (χ0v) is 11.4. The molecular formula is C12H22N2O2S. The van der Waals surface area contributed by atoms with E-state index in [1.807, 2.05) is 11.8 Å². The van der Waals surface area contributed by atoms with Gasteiger partial charge in [-0.2, -0.15) is 11.8 Å². The highest BCUT2D eigenvalue weighted by Gasteiger charge is 2.47. The van der Waals surface area contributed by atoms with Crippen molar-refractivity contribution in [3.63, 3.8) is 0 Å². The van der Waals surface area contributed by atoms with Crippen molar-refractivity contribution in [2.24, 2.45) is 0 Å². The summed E-state index contributed by atoms with van der Waals surface area (Å²) >= 11 is 2.00. The summed E-state index contributed by atoms with van der Waals surface area (Å²) in [6, 6.07) is 0. The molecule has 0 amide bonds. The minimum atomic E-state index is -0.0492. The summed E-state index contributed by atoms with van der Waals surface area (Å²) in [5, 5.41) is 3.66. The summed E-state index contributed by atoms with van der Waals surface area (Å²) < 4.78 is 11.9. The predicted octanol–water partition coefficient (Wildman–Crippen LogP) is 0.530. The molecule has 4 nitrogen and oxygen atoms in total. The van der Waals surface area contributed by atoms with Gasteiger partial charge in [0.25, 0.3) is 0 Å². The molecule has 2 atom stereocenters. The molecule has 2 spiro atoms. The van der Waals surface area contributed by atoms with E-state index in [1.165, 1.54) is 12.2 Å². The Bertz CT molecular complexity index is 272. The third-order valence-corrected chi connectivity index (χ3v) is 5.56. The highest BCUT2D eigenvalue weighted by Crippen LogP contribution is 2.33. The Morgan fingerprint density at radius 3 is 2.94 bits per heavy atom. The number of thioether (sulfide) groups is 1. The number of hydrogen-bond acceptors (Lipinski definition) is 5. The van der Waals surface area contributed by atoms with Gasteiger partial charge in [0.15, 0.2) is 0 Å². The van der Waals surface area contributed by atoms with Crippen LogP contribution >= 0.6 is 11.8 Å². The molecule has 3 fully saturated rings. The van der Waals surface area contributed by atoms with Gasteiger partial charge in [0.05, 0.1) is 25.4 Å². The monoisotopic (exact) mass is 258 g/mol. The largest absolute Gasteiger partial charge is 0.378 e. The first-order chi connectivity index (χ1) is 8.25. The number of morpholine rings is 1. The minimum absolute atomic E-state index is 0.0492. The average Bonchev–Trinajstić information content (AvgIpc) is 2.38. The number of likely N-dealkylation sites (N-methyl/N-ethyl adjacent to an activating group) is 1. The Hall–Kier alpha value is 0.190. The van der Waals surface area contributed by atoms with Crippen LogP contribution in [0.1, 0.15) is 12.8 Å². The molecule has 3 heterocycles. The molecule has 17 heavy (non-hydrogen) atoms. The molecule has 98 valence electrons. The van der Waals surface area contributed by atoms with Crippen LogP contribution in [-0.4, -0.2) is 67.6 Å². The minimum Gasteiger partial charge on any atom is -0.378 e. The smallest absolute Gasteiger partial charge is 0.128 e. The Labute approximate surface area is 107 Å². The van der Waals surface area contributed by atoms with Crippen molar-refractivity contribution in [3.05, 3.63) is 0 Å². The van der Waals surface area contributed by atoms with Crippen LogP contribution in [0, 0.1) is 0 Å². The van der Waals surface area contributed by atoms with E-state index in [9.17, 15) is 0 Å². The topological polar surface area (TPSA) is 33.7 Å². The second-order valence-electron chi connectivity index (χ2n) is 5.49. The third kappa shape index (κ3) is 2.24. The number of nitrogens with one attached hydrogen (secondary N) is 1. The first-order valence-electron chi connectivity index (χ1n) is 6.51. The van der Waals surface area contributed by atoms with E-state index in [0.717, 1.165) is 45.1 Å². The molecule has 0 aromatic rings. The lowest BCUT2D eigenvalue weighted by Gasteiger charge is -2.53. The van der Waals surface area contributed by atoms with E-state index in [1.54, 1.807) is 0 Å². The fourth-order valence-electron chi connectivity index (χ4n) is 2.87. The van der Waals surface area contributed by atoms with Crippen molar-refractivity contribution in [1.82, 2.24) is 10.2 Å². The summed E-state index contributed by atoms with van der Waals surface area (Å²) in [5.41, 5.74) is 0.0120. The SMILES string of the molecule is CN1CCOCC12CNC1(CCCSC1)OC2. The van der Waals surface area contributed by atoms with Gasteiger partial charge in [-0.15, -0.1) is 0 Å². The van der Waals surface area contributed by atoms with Gasteiger partial charge < -0.3 is 9.47 Å². The molecule has 0 aromatic carbocycles. The van der Waals surface area contributed by atoms with Crippen LogP contribution in [0.5, 0.6) is 0 Å². The number of nitrogens with zero attached hydrogens (tertiary/aromatic N) is 1. The molecular weight excluding hydrogens is 236 g/mol. The molecule has 3 aliphatic rings. The summed E-state index contributed by atoms with van der Waals surface area (Å²) in [7, 11) is 2.18. The zero-order valence-electron chi connectivity index (χ0n) is 10.5. The number of ether oxygens (including phenoxy) is 2. The van der Waals surface area contributed by atoms with Crippen LogP contribution in [0.3, 0.4) is 0 Å². The van der Waals surface area contributed by atoms with Crippen molar-refractivity contribution in [3.8, 4) is 0 Å². The van der Waals surface area contributed by atoms with Crippen molar-refractivity contribution in [1.29, 1.82) is 0 Å². The highest BCUT2D eigenvalue weighted by molar-refractivity contribution is 7.99. The van der Waals surface area contributed by atoms with Gasteiger partial charge in [0.2, 0.25) is 0 Å². The van der Waals surface area contributed by atoms with Crippen molar-refractivity contribution >= 4 is 11.8 Å². The van der Waals surface area contributed by atoms with E-state index < -0.39 is 0 Å². The quantitative estimate of drug-likeness (QED) is 0.685. The van der Waals surface area contributed by atoms with E-state index in [2.05, 4.69) is 17.3 Å². The third-order valence-electron chi connectivity index (χ3n) is 4.31. The predicted molar refractivity (Wildman–Crippen MR) is 69.4 cm³/mol. The van der Waals surface area contributed by atoms with Gasteiger partial charge in [-0.05, 0) is 25.6 Å². The number of hydrogen-bond donors (Lipinski definition) is 1. The lowest BCUT2D eigenvalue weighted by molar-refractivity contribution is -0.178. The van der Waals surface area contributed by atoms with Crippen molar-refractivity contribution < 1.29 is 9.47 Å². The standard InChI is InChI=1S/C12H22N2O2S/c1-14-4-5-15-8-11(14)7-13-12(16-9-11)3-2-6-17-10-12/h13H,2-10H2,1H3. The Balaban J connectivity index is 1.66. The lowest BCUT2D eigenvalue weighted by atomic mass is 9.94. The molecule has 2 unspecified atom stereocenters. The molecule has 0 aromatic heterocycles. The molecule has 0 aliphatic carbocycles. The maximum atomic E-state index is 6.22. The summed E-state index contributed by atoms with van der Waals surface area (Å²) in [6.45, 7) is 4.44. The van der Waals surface area contributed by atoms with Crippen LogP contribution in [0.4, 0.5) is 0 Å². The van der Waals surface area contributed by atoms with Gasteiger partial charge in [-0.1, -0.05) is 0 Å². The van der Waals surface area contributed by atoms with Gasteiger partial charge in [0.1, 0.15) is 5.72 Å². The van der Waals surface area contributed by atoms with Crippen LogP contribution in [0.2, 0.25) is 0 Å². The van der Waals surface area contributed by atoms with Gasteiger partial charge in [-0.3, -0.25) is 10.2 Å². The molecule has 3 aliphatic heterocycles. The second-order valence-corrected chi connectivity index (χ2v) is 6.60. The van der Waals surface area contributed by atoms with Gasteiger partial charge in [0, 0.05) is 18.8 Å². The Kier molecular flexibility index (Phi) is 3.38. The normalized spacial score (nSPS) is 44.3. The molecule has 5 heteroatoms. The Morgan fingerprint density at radius 2 is 2.29 bits per heavy atom. The molecule has 3 rings (SSSR count). The van der Waals surface area contributed by atoms with Crippen LogP contribution in [0.15, 0.2) is 0 Å². The van der Waals surface area contributed by atoms with Crippen molar-refractivity contribution in [2.45, 2.75) is 24.1 Å².